The monoisotopic (exact) mass is 269 g/mol. The minimum absolute atomic E-state index is 1.25. The summed E-state index contributed by atoms with van der Waals surface area (Å²) in [6.45, 7) is 2.28. The van der Waals surface area contributed by atoms with Gasteiger partial charge in [-0.05, 0) is 49.3 Å². The van der Waals surface area contributed by atoms with Crippen molar-refractivity contribution in [1.82, 2.24) is 4.98 Å². The first-order valence-electron chi connectivity index (χ1n) is 8.51. The maximum absolute atomic E-state index is 3.63. The van der Waals surface area contributed by atoms with Crippen LogP contribution in [-0.2, 0) is 19.3 Å². The van der Waals surface area contributed by atoms with Gasteiger partial charge in [0.15, 0.2) is 0 Å². The van der Waals surface area contributed by atoms with Crippen molar-refractivity contribution in [2.45, 2.75) is 71.1 Å². The molecule has 1 aliphatic carbocycles. The zero-order chi connectivity index (χ0) is 13.8. The van der Waals surface area contributed by atoms with Gasteiger partial charge in [0, 0.05) is 16.6 Å². The largest absolute Gasteiger partial charge is 0.358 e. The van der Waals surface area contributed by atoms with E-state index in [4.69, 9.17) is 0 Å². The van der Waals surface area contributed by atoms with Gasteiger partial charge in [-0.25, -0.2) is 0 Å². The molecule has 0 fully saturated rings. The summed E-state index contributed by atoms with van der Waals surface area (Å²) in [6, 6.07) is 6.82. The van der Waals surface area contributed by atoms with Crippen LogP contribution in [-0.4, -0.2) is 4.98 Å². The normalized spacial score (nSPS) is 14.1. The third-order valence-electron chi connectivity index (χ3n) is 4.76. The van der Waals surface area contributed by atoms with E-state index in [-0.39, 0.29) is 0 Å². The van der Waals surface area contributed by atoms with E-state index in [2.05, 4.69) is 30.1 Å². The Labute approximate surface area is 122 Å². The minimum Gasteiger partial charge on any atom is -0.358 e. The molecule has 108 valence electrons. The fourth-order valence-electron chi connectivity index (χ4n) is 3.68. The number of aromatic amines is 1. The second-order valence-electron chi connectivity index (χ2n) is 6.29. The molecule has 1 heterocycles. The molecule has 0 aliphatic heterocycles. The Hall–Kier alpha value is -1.24. The van der Waals surface area contributed by atoms with Gasteiger partial charge >= 0.3 is 0 Å². The standard InChI is InChI=1S/C19H27N/c1-2-3-4-5-6-7-10-15-11-8-14-18-19(15)16-12-9-13-17(16)20-18/h8,11,14,20H,2-7,9-10,12-13H2,1H3. The molecule has 0 spiro atoms. The summed E-state index contributed by atoms with van der Waals surface area (Å²) in [6.07, 6.45) is 13.4. The van der Waals surface area contributed by atoms with Gasteiger partial charge in [-0.3, -0.25) is 0 Å². The lowest BCUT2D eigenvalue weighted by atomic mass is 9.99. The van der Waals surface area contributed by atoms with Crippen LogP contribution in [0.3, 0.4) is 0 Å². The number of hydrogen-bond donors (Lipinski definition) is 1. The highest BCUT2D eigenvalue weighted by atomic mass is 14.7. The van der Waals surface area contributed by atoms with Gasteiger partial charge in [0.05, 0.1) is 0 Å². The van der Waals surface area contributed by atoms with Gasteiger partial charge in [-0.2, -0.15) is 0 Å². The van der Waals surface area contributed by atoms with Crippen LogP contribution >= 0.6 is 0 Å². The summed E-state index contributed by atoms with van der Waals surface area (Å²) in [5.41, 5.74) is 6.09. The van der Waals surface area contributed by atoms with E-state index < -0.39 is 0 Å². The number of aryl methyl sites for hydroxylation is 3. The van der Waals surface area contributed by atoms with Crippen molar-refractivity contribution < 1.29 is 0 Å². The number of fused-ring (bicyclic) bond motifs is 3. The Morgan fingerprint density at radius 1 is 1.00 bits per heavy atom. The van der Waals surface area contributed by atoms with E-state index in [0.29, 0.717) is 0 Å². The maximum atomic E-state index is 3.63. The van der Waals surface area contributed by atoms with E-state index >= 15 is 0 Å². The number of benzene rings is 1. The summed E-state index contributed by atoms with van der Waals surface area (Å²) >= 11 is 0. The number of aromatic nitrogens is 1. The molecular weight excluding hydrogens is 242 g/mol. The first-order valence-corrected chi connectivity index (χ1v) is 8.51. The van der Waals surface area contributed by atoms with Crippen molar-refractivity contribution in [3.63, 3.8) is 0 Å². The molecule has 0 saturated carbocycles. The lowest BCUT2D eigenvalue weighted by Crippen LogP contribution is -1.89. The highest BCUT2D eigenvalue weighted by Gasteiger charge is 2.18. The van der Waals surface area contributed by atoms with E-state index in [9.17, 15) is 0 Å². The van der Waals surface area contributed by atoms with Crippen molar-refractivity contribution in [2.24, 2.45) is 0 Å². The summed E-state index contributed by atoms with van der Waals surface area (Å²) in [5.74, 6) is 0. The zero-order valence-corrected chi connectivity index (χ0v) is 12.8. The molecule has 0 unspecified atom stereocenters. The summed E-state index contributed by atoms with van der Waals surface area (Å²) in [5, 5.41) is 1.56. The molecule has 0 amide bonds. The highest BCUT2D eigenvalue weighted by molar-refractivity contribution is 5.88. The molecule has 20 heavy (non-hydrogen) atoms. The predicted octanol–water partition coefficient (Wildman–Crippen LogP) is 5.56. The molecule has 1 aliphatic rings. The molecule has 2 aromatic rings. The van der Waals surface area contributed by atoms with E-state index in [0.717, 1.165) is 0 Å². The quantitative estimate of drug-likeness (QED) is 0.633. The van der Waals surface area contributed by atoms with Crippen LogP contribution in [0.4, 0.5) is 0 Å². The van der Waals surface area contributed by atoms with Crippen LogP contribution < -0.4 is 0 Å². The van der Waals surface area contributed by atoms with Gasteiger partial charge in [-0.1, -0.05) is 51.2 Å². The molecule has 3 rings (SSSR count). The van der Waals surface area contributed by atoms with Crippen molar-refractivity contribution in [3.8, 4) is 0 Å². The van der Waals surface area contributed by atoms with Crippen molar-refractivity contribution >= 4 is 10.9 Å². The van der Waals surface area contributed by atoms with Crippen LogP contribution in [0.1, 0.15) is 68.7 Å². The zero-order valence-electron chi connectivity index (χ0n) is 12.8. The second kappa shape index (κ2) is 6.47. The maximum Gasteiger partial charge on any atom is 0.0461 e. The van der Waals surface area contributed by atoms with Gasteiger partial charge in [-0.15, -0.1) is 0 Å². The summed E-state index contributed by atoms with van der Waals surface area (Å²) in [4.78, 5) is 3.63. The molecule has 1 aromatic carbocycles. The Morgan fingerprint density at radius 2 is 1.85 bits per heavy atom. The fourth-order valence-corrected chi connectivity index (χ4v) is 3.68. The number of rotatable bonds is 7. The average molecular weight is 269 g/mol. The number of unbranched alkanes of at least 4 members (excludes halogenated alkanes) is 5. The van der Waals surface area contributed by atoms with Crippen LogP contribution in [0.25, 0.3) is 10.9 Å². The summed E-state index contributed by atoms with van der Waals surface area (Å²) in [7, 11) is 0. The first-order chi connectivity index (χ1) is 9.90. The lowest BCUT2D eigenvalue weighted by Gasteiger charge is -2.05. The van der Waals surface area contributed by atoms with Gasteiger partial charge in [0.25, 0.3) is 0 Å². The Morgan fingerprint density at radius 3 is 2.75 bits per heavy atom. The topological polar surface area (TPSA) is 15.8 Å². The Bertz CT molecular complexity index is 564. The Balaban J connectivity index is 1.66. The van der Waals surface area contributed by atoms with E-state index in [1.54, 1.807) is 16.5 Å². The van der Waals surface area contributed by atoms with E-state index in [1.807, 2.05) is 0 Å². The summed E-state index contributed by atoms with van der Waals surface area (Å²) < 4.78 is 0. The Kier molecular flexibility index (Phi) is 4.44. The molecule has 1 heteroatoms. The van der Waals surface area contributed by atoms with Crippen LogP contribution in [0.15, 0.2) is 18.2 Å². The fraction of sp³-hybridized carbons (Fsp3) is 0.579. The van der Waals surface area contributed by atoms with Gasteiger partial charge in [0.1, 0.15) is 0 Å². The smallest absolute Gasteiger partial charge is 0.0461 e. The number of H-pyrrole nitrogens is 1. The number of nitrogens with one attached hydrogen (secondary N) is 1. The lowest BCUT2D eigenvalue weighted by molar-refractivity contribution is 0.608. The van der Waals surface area contributed by atoms with Crippen LogP contribution in [0.5, 0.6) is 0 Å². The van der Waals surface area contributed by atoms with Crippen molar-refractivity contribution in [2.75, 3.05) is 0 Å². The van der Waals surface area contributed by atoms with Crippen molar-refractivity contribution in [1.29, 1.82) is 0 Å². The second-order valence-corrected chi connectivity index (χ2v) is 6.29. The minimum atomic E-state index is 1.25. The molecule has 1 N–H and O–H groups in total. The third kappa shape index (κ3) is 2.77. The number of hydrogen-bond acceptors (Lipinski definition) is 0. The predicted molar refractivity (Wildman–Crippen MR) is 87.4 cm³/mol. The molecule has 0 saturated heterocycles. The molecule has 0 radical (unpaired) electrons. The van der Waals surface area contributed by atoms with Crippen LogP contribution in [0.2, 0.25) is 0 Å². The molecular formula is C19H27N. The molecule has 1 aromatic heterocycles. The SMILES string of the molecule is CCCCCCCCc1cccc2[nH]c3c(c12)CCC3. The first kappa shape index (κ1) is 13.7. The van der Waals surface area contributed by atoms with E-state index in [1.165, 1.54) is 75.4 Å². The van der Waals surface area contributed by atoms with Gasteiger partial charge < -0.3 is 4.98 Å². The average Bonchev–Trinajstić information content (AvgIpc) is 3.03. The third-order valence-corrected chi connectivity index (χ3v) is 4.76. The molecule has 0 bridgehead atoms. The highest BCUT2D eigenvalue weighted by Crippen LogP contribution is 2.32. The molecule has 0 atom stereocenters. The van der Waals surface area contributed by atoms with Crippen LogP contribution in [0, 0.1) is 0 Å². The molecule has 1 nitrogen and oxygen atoms in total. The van der Waals surface area contributed by atoms with Gasteiger partial charge in [0.2, 0.25) is 0 Å². The van der Waals surface area contributed by atoms with Crippen molar-refractivity contribution in [3.05, 3.63) is 35.0 Å².